The Balaban J connectivity index is 1.74. The zero-order chi connectivity index (χ0) is 14.4. The van der Waals surface area contributed by atoms with E-state index in [0.29, 0.717) is 18.8 Å². The van der Waals surface area contributed by atoms with Crippen LogP contribution in [0.3, 0.4) is 0 Å². The lowest BCUT2D eigenvalue weighted by Gasteiger charge is -2.26. The number of likely N-dealkylation sites (tertiary alicyclic amines) is 1. The second-order valence-electron chi connectivity index (χ2n) is 4.79. The molecule has 1 aromatic heterocycles. The number of carbonyl (C=O) groups is 2. The second kappa shape index (κ2) is 6.83. The molecule has 7 nitrogen and oxygen atoms in total. The number of carbonyl (C=O) groups excluding carboxylic acids is 2. The van der Waals surface area contributed by atoms with Crippen molar-refractivity contribution in [2.24, 2.45) is 5.73 Å². The summed E-state index contributed by atoms with van der Waals surface area (Å²) in [7, 11) is 0. The maximum atomic E-state index is 11.9. The molecule has 108 valence electrons. The van der Waals surface area contributed by atoms with Crippen LogP contribution in [-0.2, 0) is 4.79 Å². The van der Waals surface area contributed by atoms with E-state index < -0.39 is 5.91 Å². The number of piperidine rings is 1. The molecule has 3 N–H and O–H groups in total. The van der Waals surface area contributed by atoms with Crippen molar-refractivity contribution in [1.82, 2.24) is 15.1 Å². The molecule has 0 unspecified atom stereocenters. The molecule has 0 radical (unpaired) electrons. The second-order valence-corrected chi connectivity index (χ2v) is 4.79. The molecule has 2 amide bonds. The summed E-state index contributed by atoms with van der Waals surface area (Å²) in [5.41, 5.74) is 5.20. The molecule has 0 bridgehead atoms. The number of hydrogen-bond acceptors (Lipinski definition) is 5. The van der Waals surface area contributed by atoms with Gasteiger partial charge in [-0.25, -0.2) is 0 Å². The fourth-order valence-electron chi connectivity index (χ4n) is 2.16. The minimum atomic E-state index is -0.607. The van der Waals surface area contributed by atoms with Crippen molar-refractivity contribution in [2.75, 3.05) is 25.0 Å². The van der Waals surface area contributed by atoms with E-state index in [2.05, 4.69) is 15.5 Å². The third kappa shape index (κ3) is 3.91. The third-order valence-electron chi connectivity index (χ3n) is 3.27. The van der Waals surface area contributed by atoms with Crippen molar-refractivity contribution >= 4 is 17.6 Å². The molecule has 1 aliphatic rings. The first kappa shape index (κ1) is 14.2. The van der Waals surface area contributed by atoms with Gasteiger partial charge in [-0.1, -0.05) is 0 Å². The zero-order valence-electron chi connectivity index (χ0n) is 11.3. The van der Waals surface area contributed by atoms with Crippen LogP contribution in [0, 0.1) is 0 Å². The molecule has 0 atom stereocenters. The molecular weight excluding hydrogens is 258 g/mol. The normalized spacial score (nSPS) is 14.9. The molecule has 0 saturated carbocycles. The third-order valence-corrected chi connectivity index (χ3v) is 3.27. The standard InChI is InChI=1S/C13H19N5O2/c14-13(20)10-4-5-11(17-16-10)15-7-6-12(19)18-8-2-1-3-9-18/h4-5H,1-3,6-9H2,(H2,14,20)(H,15,17). The fraction of sp³-hybridized carbons (Fsp3) is 0.538. The minimum absolute atomic E-state index is 0.125. The van der Waals surface area contributed by atoms with E-state index in [1.807, 2.05) is 4.90 Å². The monoisotopic (exact) mass is 277 g/mol. The summed E-state index contributed by atoms with van der Waals surface area (Å²) in [6.07, 6.45) is 3.83. The molecule has 1 saturated heterocycles. The molecule has 20 heavy (non-hydrogen) atoms. The van der Waals surface area contributed by atoms with Crippen LogP contribution in [-0.4, -0.2) is 46.5 Å². The lowest BCUT2D eigenvalue weighted by atomic mass is 10.1. The summed E-state index contributed by atoms with van der Waals surface area (Å²) in [5.74, 6) is 0.0877. The van der Waals surface area contributed by atoms with Crippen molar-refractivity contribution in [2.45, 2.75) is 25.7 Å². The van der Waals surface area contributed by atoms with Gasteiger partial charge in [-0.05, 0) is 31.4 Å². The Hall–Kier alpha value is -2.18. The quantitative estimate of drug-likeness (QED) is 0.810. The zero-order valence-corrected chi connectivity index (χ0v) is 11.3. The van der Waals surface area contributed by atoms with Gasteiger partial charge < -0.3 is 16.0 Å². The Morgan fingerprint density at radius 2 is 1.95 bits per heavy atom. The molecule has 7 heteroatoms. The predicted molar refractivity (Wildman–Crippen MR) is 74.1 cm³/mol. The average molecular weight is 277 g/mol. The summed E-state index contributed by atoms with van der Waals surface area (Å²) in [6.45, 7) is 2.23. The van der Waals surface area contributed by atoms with Gasteiger partial charge in [0, 0.05) is 26.1 Å². The Labute approximate surface area is 117 Å². The molecular formula is C13H19N5O2. The van der Waals surface area contributed by atoms with Gasteiger partial charge in [-0.2, -0.15) is 0 Å². The van der Waals surface area contributed by atoms with Crippen LogP contribution in [0.2, 0.25) is 0 Å². The number of primary amides is 1. The molecule has 1 aliphatic heterocycles. The summed E-state index contributed by atoms with van der Waals surface area (Å²) in [4.78, 5) is 24.7. The van der Waals surface area contributed by atoms with Crippen LogP contribution in [0.1, 0.15) is 36.2 Å². The van der Waals surface area contributed by atoms with Crippen molar-refractivity contribution < 1.29 is 9.59 Å². The highest BCUT2D eigenvalue weighted by molar-refractivity contribution is 5.90. The first-order valence-electron chi connectivity index (χ1n) is 6.82. The van der Waals surface area contributed by atoms with Gasteiger partial charge in [-0.3, -0.25) is 9.59 Å². The van der Waals surface area contributed by atoms with Crippen molar-refractivity contribution in [3.8, 4) is 0 Å². The first-order chi connectivity index (χ1) is 9.66. The van der Waals surface area contributed by atoms with Crippen LogP contribution in [0.15, 0.2) is 12.1 Å². The summed E-state index contributed by atoms with van der Waals surface area (Å²) < 4.78 is 0. The van der Waals surface area contributed by atoms with Crippen LogP contribution in [0.5, 0.6) is 0 Å². The Morgan fingerprint density at radius 1 is 1.20 bits per heavy atom. The van der Waals surface area contributed by atoms with E-state index in [1.54, 1.807) is 6.07 Å². The van der Waals surface area contributed by atoms with E-state index in [1.165, 1.54) is 12.5 Å². The summed E-state index contributed by atoms with van der Waals surface area (Å²) >= 11 is 0. The number of hydrogen-bond donors (Lipinski definition) is 2. The minimum Gasteiger partial charge on any atom is -0.368 e. The van der Waals surface area contributed by atoms with Crippen molar-refractivity contribution in [3.05, 3.63) is 17.8 Å². The lowest BCUT2D eigenvalue weighted by molar-refractivity contribution is -0.131. The van der Waals surface area contributed by atoms with Gasteiger partial charge in [0.25, 0.3) is 5.91 Å². The van der Waals surface area contributed by atoms with Gasteiger partial charge in [0.2, 0.25) is 5.91 Å². The van der Waals surface area contributed by atoms with Gasteiger partial charge in [0.15, 0.2) is 5.69 Å². The highest BCUT2D eigenvalue weighted by atomic mass is 16.2. The number of nitrogens with one attached hydrogen (secondary N) is 1. The highest BCUT2D eigenvalue weighted by Gasteiger charge is 2.15. The number of rotatable bonds is 5. The number of aromatic nitrogens is 2. The van der Waals surface area contributed by atoms with Crippen LogP contribution < -0.4 is 11.1 Å². The first-order valence-corrected chi connectivity index (χ1v) is 6.82. The molecule has 2 rings (SSSR count). The Bertz CT molecular complexity index is 468. The average Bonchev–Trinajstić information content (AvgIpc) is 2.48. The van der Waals surface area contributed by atoms with E-state index in [9.17, 15) is 9.59 Å². The van der Waals surface area contributed by atoms with Gasteiger partial charge in [-0.15, -0.1) is 10.2 Å². The van der Waals surface area contributed by atoms with Crippen molar-refractivity contribution in [3.63, 3.8) is 0 Å². The van der Waals surface area contributed by atoms with Crippen LogP contribution >= 0.6 is 0 Å². The molecule has 2 heterocycles. The Morgan fingerprint density at radius 3 is 2.55 bits per heavy atom. The molecule has 0 aliphatic carbocycles. The number of nitrogens with zero attached hydrogens (tertiary/aromatic N) is 3. The van der Waals surface area contributed by atoms with E-state index in [0.717, 1.165) is 25.9 Å². The SMILES string of the molecule is NC(=O)c1ccc(NCCC(=O)N2CCCCC2)nn1. The van der Waals surface area contributed by atoms with Crippen LogP contribution in [0.4, 0.5) is 5.82 Å². The van der Waals surface area contributed by atoms with Gasteiger partial charge in [0.05, 0.1) is 0 Å². The van der Waals surface area contributed by atoms with E-state index >= 15 is 0 Å². The van der Waals surface area contributed by atoms with Crippen LogP contribution in [0.25, 0.3) is 0 Å². The van der Waals surface area contributed by atoms with E-state index in [-0.39, 0.29) is 11.6 Å². The fourth-order valence-corrected chi connectivity index (χ4v) is 2.16. The summed E-state index contributed by atoms with van der Waals surface area (Å²) in [6, 6.07) is 3.13. The topological polar surface area (TPSA) is 101 Å². The Kier molecular flexibility index (Phi) is 4.86. The molecule has 1 fully saturated rings. The maximum absolute atomic E-state index is 11.9. The highest BCUT2D eigenvalue weighted by Crippen LogP contribution is 2.10. The van der Waals surface area contributed by atoms with E-state index in [4.69, 9.17) is 5.73 Å². The lowest BCUT2D eigenvalue weighted by Crippen LogP contribution is -2.36. The number of nitrogens with two attached hydrogens (primary N) is 1. The smallest absolute Gasteiger partial charge is 0.269 e. The maximum Gasteiger partial charge on any atom is 0.269 e. The number of amides is 2. The number of anilines is 1. The van der Waals surface area contributed by atoms with Crippen molar-refractivity contribution in [1.29, 1.82) is 0 Å². The molecule has 0 aromatic carbocycles. The molecule has 0 spiro atoms. The largest absolute Gasteiger partial charge is 0.368 e. The summed E-state index contributed by atoms with van der Waals surface area (Å²) in [5, 5.41) is 10.5. The molecule has 1 aromatic rings. The van der Waals surface area contributed by atoms with Gasteiger partial charge in [0.1, 0.15) is 5.82 Å². The predicted octanol–water partition coefficient (Wildman–Crippen LogP) is 0.390. The van der Waals surface area contributed by atoms with Gasteiger partial charge >= 0.3 is 0 Å².